The fourth-order valence-electron chi connectivity index (χ4n) is 0.983. The molecule has 1 N–H and O–H groups in total. The average molecular weight is 287 g/mol. The van der Waals surface area contributed by atoms with Crippen LogP contribution < -0.4 is 5.32 Å². The summed E-state index contributed by atoms with van der Waals surface area (Å²) in [5.74, 6) is 2.31. The van der Waals surface area contributed by atoms with E-state index in [1.807, 2.05) is 0 Å². The number of hydrogen-bond donors (Lipinski definition) is 1. The van der Waals surface area contributed by atoms with Gasteiger partial charge in [-0.05, 0) is 34.1 Å². The number of terminal acetylenes is 1. The van der Waals surface area contributed by atoms with E-state index in [2.05, 4.69) is 27.2 Å². The molecular weight excluding hydrogens is 277 g/mol. The molecule has 0 saturated carbocycles. The summed E-state index contributed by atoms with van der Waals surface area (Å²) >= 11 is 9.14. The van der Waals surface area contributed by atoms with Gasteiger partial charge in [0.1, 0.15) is 0 Å². The number of nitrogens with one attached hydrogen (secondary N) is 1. The van der Waals surface area contributed by atoms with Crippen molar-refractivity contribution < 1.29 is 4.79 Å². The summed E-state index contributed by atoms with van der Waals surface area (Å²) in [4.78, 5) is 11.3. The third kappa shape index (κ3) is 3.94. The lowest BCUT2D eigenvalue weighted by molar-refractivity contribution is -0.116. The van der Waals surface area contributed by atoms with Gasteiger partial charge in [0.05, 0.1) is 5.02 Å². The molecule has 1 amide bonds. The lowest BCUT2D eigenvalue weighted by Gasteiger charge is -2.05. The lowest BCUT2D eigenvalue weighted by atomic mass is 10.2. The van der Waals surface area contributed by atoms with Crippen LogP contribution >= 0.6 is 27.5 Å². The summed E-state index contributed by atoms with van der Waals surface area (Å²) in [6, 6.07) is 5.22. The van der Waals surface area contributed by atoms with E-state index >= 15 is 0 Å². The lowest BCUT2D eigenvalue weighted by Crippen LogP contribution is -2.10. The summed E-state index contributed by atoms with van der Waals surface area (Å²) in [6.07, 6.45) is 5.82. The molecule has 1 aromatic carbocycles. The molecule has 4 heteroatoms. The zero-order chi connectivity index (χ0) is 11.3. The third-order valence-electron chi connectivity index (χ3n) is 1.70. The molecule has 0 fully saturated rings. The molecule has 1 rings (SSSR count). The Kier molecular flexibility index (Phi) is 4.67. The summed E-state index contributed by atoms with van der Waals surface area (Å²) in [7, 11) is 0. The minimum Gasteiger partial charge on any atom is -0.326 e. The molecule has 0 radical (unpaired) electrons. The van der Waals surface area contributed by atoms with E-state index in [4.69, 9.17) is 18.0 Å². The Bertz CT molecular complexity index is 412. The highest BCUT2D eigenvalue weighted by Crippen LogP contribution is 2.25. The van der Waals surface area contributed by atoms with Crippen LogP contribution in [0, 0.1) is 12.3 Å². The van der Waals surface area contributed by atoms with Crippen LogP contribution in [0.15, 0.2) is 22.7 Å². The Hall–Kier alpha value is -0.980. The number of benzene rings is 1. The van der Waals surface area contributed by atoms with Crippen LogP contribution in [0.1, 0.15) is 12.8 Å². The highest BCUT2D eigenvalue weighted by molar-refractivity contribution is 9.10. The van der Waals surface area contributed by atoms with E-state index in [0.717, 1.165) is 4.47 Å². The third-order valence-corrected chi connectivity index (χ3v) is 2.93. The second-order valence-corrected chi connectivity index (χ2v) is 4.14. The molecule has 78 valence electrons. The summed E-state index contributed by atoms with van der Waals surface area (Å²) in [5, 5.41) is 3.26. The molecule has 0 atom stereocenters. The van der Waals surface area contributed by atoms with Gasteiger partial charge in [-0.2, -0.15) is 0 Å². The quantitative estimate of drug-likeness (QED) is 0.847. The predicted molar refractivity (Wildman–Crippen MR) is 65.8 cm³/mol. The van der Waals surface area contributed by atoms with Crippen LogP contribution in [0.25, 0.3) is 0 Å². The monoisotopic (exact) mass is 285 g/mol. The van der Waals surface area contributed by atoms with Crippen molar-refractivity contribution in [1.29, 1.82) is 0 Å². The van der Waals surface area contributed by atoms with Gasteiger partial charge in [-0.1, -0.05) is 11.6 Å². The van der Waals surface area contributed by atoms with Gasteiger partial charge in [-0.15, -0.1) is 12.3 Å². The number of halogens is 2. The maximum Gasteiger partial charge on any atom is 0.225 e. The zero-order valence-electron chi connectivity index (χ0n) is 7.89. The molecule has 0 aliphatic heterocycles. The van der Waals surface area contributed by atoms with Gasteiger partial charge in [0.2, 0.25) is 5.91 Å². The molecule has 15 heavy (non-hydrogen) atoms. The average Bonchev–Trinajstić information content (AvgIpc) is 2.20. The fraction of sp³-hybridized carbons (Fsp3) is 0.182. The molecule has 2 nitrogen and oxygen atoms in total. The highest BCUT2D eigenvalue weighted by Gasteiger charge is 2.03. The maximum atomic E-state index is 11.3. The number of carbonyl (C=O) groups is 1. The molecule has 0 aliphatic rings. The van der Waals surface area contributed by atoms with Crippen LogP contribution in [-0.2, 0) is 4.79 Å². The van der Waals surface area contributed by atoms with Crippen molar-refractivity contribution in [3.05, 3.63) is 27.7 Å². The van der Waals surface area contributed by atoms with Crippen molar-refractivity contribution in [1.82, 2.24) is 0 Å². The van der Waals surface area contributed by atoms with Gasteiger partial charge in [-0.3, -0.25) is 4.79 Å². The summed E-state index contributed by atoms with van der Waals surface area (Å²) in [5.41, 5.74) is 0.672. The van der Waals surface area contributed by atoms with E-state index in [9.17, 15) is 4.79 Å². The van der Waals surface area contributed by atoms with E-state index in [0.29, 0.717) is 23.6 Å². The van der Waals surface area contributed by atoms with Gasteiger partial charge >= 0.3 is 0 Å². The van der Waals surface area contributed by atoms with Crippen LogP contribution in [0.5, 0.6) is 0 Å². The second kappa shape index (κ2) is 5.79. The molecule has 0 aliphatic carbocycles. The van der Waals surface area contributed by atoms with E-state index in [1.165, 1.54) is 0 Å². The van der Waals surface area contributed by atoms with Gasteiger partial charge in [0.25, 0.3) is 0 Å². The first-order chi connectivity index (χ1) is 7.13. The van der Waals surface area contributed by atoms with Gasteiger partial charge in [-0.25, -0.2) is 0 Å². The van der Waals surface area contributed by atoms with E-state index in [1.54, 1.807) is 18.2 Å². The standard InChI is InChI=1S/C11H9BrClNO/c1-2-3-4-11(15)14-8-5-6-9(12)10(13)7-8/h1,5-7H,3-4H2,(H,14,15). The van der Waals surface area contributed by atoms with Crippen LogP contribution in [0.3, 0.4) is 0 Å². The van der Waals surface area contributed by atoms with Crippen LogP contribution in [0.4, 0.5) is 5.69 Å². The smallest absolute Gasteiger partial charge is 0.225 e. The second-order valence-electron chi connectivity index (χ2n) is 2.88. The normalized spacial score (nSPS) is 9.40. The van der Waals surface area contributed by atoms with Gasteiger partial charge < -0.3 is 5.32 Å². The van der Waals surface area contributed by atoms with Crippen molar-refractivity contribution in [3.8, 4) is 12.3 Å². The molecule has 0 saturated heterocycles. The van der Waals surface area contributed by atoms with E-state index in [-0.39, 0.29) is 5.91 Å². The SMILES string of the molecule is C#CCCC(=O)Nc1ccc(Br)c(Cl)c1. The van der Waals surface area contributed by atoms with Crippen LogP contribution in [0.2, 0.25) is 5.02 Å². The van der Waals surface area contributed by atoms with Gasteiger partial charge in [0.15, 0.2) is 0 Å². The fourth-order valence-corrected chi connectivity index (χ4v) is 1.41. The largest absolute Gasteiger partial charge is 0.326 e. The number of hydrogen-bond acceptors (Lipinski definition) is 1. The summed E-state index contributed by atoms with van der Waals surface area (Å²) < 4.78 is 0.797. The Balaban J connectivity index is 2.62. The Labute approximate surface area is 102 Å². The van der Waals surface area contributed by atoms with E-state index < -0.39 is 0 Å². The molecule has 0 unspecified atom stereocenters. The number of rotatable bonds is 3. The van der Waals surface area contributed by atoms with Crippen molar-refractivity contribution in [2.75, 3.05) is 5.32 Å². The zero-order valence-corrected chi connectivity index (χ0v) is 10.2. The highest BCUT2D eigenvalue weighted by atomic mass is 79.9. The first-order valence-corrected chi connectivity index (χ1v) is 5.49. The van der Waals surface area contributed by atoms with Crippen molar-refractivity contribution in [3.63, 3.8) is 0 Å². The van der Waals surface area contributed by atoms with Crippen molar-refractivity contribution in [2.24, 2.45) is 0 Å². The number of amides is 1. The molecule has 0 bridgehead atoms. The molecule has 1 aromatic rings. The molecular formula is C11H9BrClNO. The Morgan fingerprint density at radius 2 is 2.33 bits per heavy atom. The minimum absolute atomic E-state index is 0.105. The van der Waals surface area contributed by atoms with Gasteiger partial charge in [0, 0.05) is 23.0 Å². The number of carbonyl (C=O) groups excluding carboxylic acids is 1. The summed E-state index contributed by atoms with van der Waals surface area (Å²) in [6.45, 7) is 0. The van der Waals surface area contributed by atoms with Crippen molar-refractivity contribution >= 4 is 39.1 Å². The maximum absolute atomic E-state index is 11.3. The first kappa shape index (κ1) is 12.1. The molecule has 0 aromatic heterocycles. The number of anilines is 1. The van der Waals surface area contributed by atoms with Crippen molar-refractivity contribution in [2.45, 2.75) is 12.8 Å². The molecule has 0 heterocycles. The Morgan fingerprint density at radius 3 is 2.93 bits per heavy atom. The van der Waals surface area contributed by atoms with Crippen LogP contribution in [-0.4, -0.2) is 5.91 Å². The minimum atomic E-state index is -0.105. The topological polar surface area (TPSA) is 29.1 Å². The predicted octanol–water partition coefficient (Wildman–Crippen LogP) is 3.45. The Morgan fingerprint density at radius 1 is 1.60 bits per heavy atom. The molecule has 0 spiro atoms. The first-order valence-electron chi connectivity index (χ1n) is 4.32.